The van der Waals surface area contributed by atoms with Crippen LogP contribution in [-0.2, 0) is 0 Å². The van der Waals surface area contributed by atoms with E-state index in [-0.39, 0.29) is 12.1 Å². The first-order valence-electron chi connectivity index (χ1n) is 16.2. The van der Waals surface area contributed by atoms with Gasteiger partial charge in [-0.25, -0.2) is 87.8 Å². The maximum absolute atomic E-state index is 16.5. The molecule has 0 aromatic heterocycles. The summed E-state index contributed by atoms with van der Waals surface area (Å²) in [5.41, 5.74) is -7.74. The molecule has 0 aliphatic carbocycles. The fourth-order valence-electron chi connectivity index (χ4n) is 6.92. The Kier molecular flexibility index (Phi) is 9.58. The second kappa shape index (κ2) is 14.2. The van der Waals surface area contributed by atoms with Gasteiger partial charge in [0.15, 0.2) is 105 Å². The van der Waals surface area contributed by atoms with Crippen LogP contribution in [0.2, 0.25) is 0 Å². The monoisotopic (exact) mass is 902 g/mol. The van der Waals surface area contributed by atoms with Crippen molar-refractivity contribution in [2.24, 2.45) is 0 Å². The van der Waals surface area contributed by atoms with Crippen molar-refractivity contribution in [2.45, 2.75) is 0 Å². The van der Waals surface area contributed by atoms with Crippen LogP contribution in [0.3, 0.4) is 0 Å². The zero-order valence-electron chi connectivity index (χ0n) is 28.6. The second-order valence-electron chi connectivity index (χ2n) is 12.8. The van der Waals surface area contributed by atoms with Crippen LogP contribution < -0.4 is 14.8 Å². The number of hydrogen-bond acceptors (Lipinski definition) is 2. The van der Waals surface area contributed by atoms with E-state index in [9.17, 15) is 39.5 Å². The second-order valence-corrected chi connectivity index (χ2v) is 12.8. The van der Waals surface area contributed by atoms with Crippen LogP contribution in [0.15, 0.2) is 24.3 Å². The van der Waals surface area contributed by atoms with E-state index < -0.39 is 200 Å². The normalized spacial score (nSPS) is 12.0. The molecule has 0 saturated carbocycles. The van der Waals surface area contributed by atoms with E-state index in [4.69, 9.17) is 9.31 Å². The highest BCUT2D eigenvalue weighted by Gasteiger charge is 2.44. The van der Waals surface area contributed by atoms with E-state index in [0.29, 0.717) is 12.1 Å². The fourth-order valence-corrected chi connectivity index (χ4v) is 6.92. The molecule has 8 rings (SSSR count). The summed E-state index contributed by atoms with van der Waals surface area (Å²) in [6.45, 7) is 0. The first kappa shape index (κ1) is 42.0. The predicted octanol–water partition coefficient (Wildman–Crippen LogP) is 12.2. The van der Waals surface area contributed by atoms with Crippen LogP contribution in [0.1, 0.15) is 0 Å². The summed E-state index contributed by atoms with van der Waals surface area (Å²) in [5.74, 6) is -62.4. The molecule has 0 bridgehead atoms. The Morgan fingerprint density at radius 1 is 0.274 bits per heavy atom. The molecule has 24 heteroatoms. The van der Waals surface area contributed by atoms with Crippen molar-refractivity contribution in [3.8, 4) is 22.6 Å². The number of halogens is 21. The van der Waals surface area contributed by atoms with E-state index in [2.05, 4.69) is 0 Å². The molecule has 0 fully saturated rings. The third kappa shape index (κ3) is 5.46. The molecule has 0 saturated heterocycles. The SMILES string of the molecule is Fc1ccc2c(OB(Oc3c(F)c(F)c(F)c(F)c3-c3c(F)c(F)c(F)c(F)c3F)c3c(F)c(F)c4c(F)c(F)c5c(F)c(F)c(F)c6c(F)c(F)c3c4c56)ccc(F)c2c1F. The molecule has 62 heavy (non-hydrogen) atoms. The quantitative estimate of drug-likeness (QED) is 0.0544. The molecule has 0 aliphatic rings. The highest BCUT2D eigenvalue weighted by Crippen LogP contribution is 2.47. The molecule has 0 heterocycles. The maximum Gasteiger partial charge on any atom is 0.636 e. The smallest absolute Gasteiger partial charge is 0.521 e. The zero-order valence-corrected chi connectivity index (χ0v) is 28.6. The van der Waals surface area contributed by atoms with Crippen LogP contribution in [0.25, 0.3) is 54.2 Å². The van der Waals surface area contributed by atoms with Gasteiger partial charge in [0.25, 0.3) is 0 Å². The van der Waals surface area contributed by atoms with Crippen molar-refractivity contribution < 1.29 is 102 Å². The lowest BCUT2D eigenvalue weighted by atomic mass is 9.72. The molecule has 0 amide bonds. The Hall–Kier alpha value is -6.75. The summed E-state index contributed by atoms with van der Waals surface area (Å²) in [7, 11) is -3.82. The molecule has 0 atom stereocenters. The average Bonchev–Trinajstić information content (AvgIpc) is 3.24. The molecule has 2 nitrogen and oxygen atoms in total. The minimum atomic E-state index is -3.82. The number of hydrogen-bond donors (Lipinski definition) is 0. The van der Waals surface area contributed by atoms with Crippen molar-refractivity contribution in [3.63, 3.8) is 0 Å². The Morgan fingerprint density at radius 2 is 0.661 bits per heavy atom. The van der Waals surface area contributed by atoms with Crippen LogP contribution >= 0.6 is 0 Å². The van der Waals surface area contributed by atoms with Gasteiger partial charge in [0, 0.05) is 21.5 Å². The lowest BCUT2D eigenvalue weighted by Crippen LogP contribution is -2.46. The number of fused-ring (bicyclic) bond motifs is 1. The minimum absolute atomic E-state index is 0.175. The van der Waals surface area contributed by atoms with E-state index >= 15 is 52.7 Å². The summed E-state index contributed by atoms with van der Waals surface area (Å²) >= 11 is 0. The molecular weight excluding hydrogens is 898 g/mol. The summed E-state index contributed by atoms with van der Waals surface area (Å²) in [6, 6.07) is 1.12. The van der Waals surface area contributed by atoms with Gasteiger partial charge >= 0.3 is 7.12 Å². The van der Waals surface area contributed by atoms with Crippen LogP contribution in [0.5, 0.6) is 11.5 Å². The largest absolute Gasteiger partial charge is 0.636 e. The van der Waals surface area contributed by atoms with Crippen molar-refractivity contribution in [3.05, 3.63) is 146 Å². The van der Waals surface area contributed by atoms with E-state index in [1.807, 2.05) is 0 Å². The van der Waals surface area contributed by atoms with Crippen molar-refractivity contribution in [2.75, 3.05) is 0 Å². The third-order valence-corrected chi connectivity index (χ3v) is 9.61. The maximum atomic E-state index is 16.5. The lowest BCUT2D eigenvalue weighted by molar-refractivity contribution is 0.366. The van der Waals surface area contributed by atoms with Gasteiger partial charge in [-0.15, -0.1) is 0 Å². The van der Waals surface area contributed by atoms with Crippen LogP contribution in [0.4, 0.5) is 92.2 Å². The molecule has 8 aromatic carbocycles. The van der Waals surface area contributed by atoms with E-state index in [1.165, 1.54) is 0 Å². The van der Waals surface area contributed by atoms with Crippen LogP contribution in [-0.4, -0.2) is 7.12 Å². The fraction of sp³-hybridized carbons (Fsp3) is 0. The molecule has 0 aliphatic heterocycles. The van der Waals surface area contributed by atoms with Crippen molar-refractivity contribution in [1.82, 2.24) is 0 Å². The standard InChI is InChI=1S/C38H4BF21O2/c40-6-3-4-8(5-1-2-7(41)19(42)9(5)6)61-39(62-38-17(29(52)34(57)36(59)37(38)60)16-27(50)32(55)35(58)33(56)28(16)51)18-12-10-11-14(21(44)20(12)43)25(48)31(54)26(49)15(11)23(46)22(45)13(10)24(47)30(18)53/h1-4H. The Morgan fingerprint density at radius 3 is 1.19 bits per heavy atom. The minimum Gasteiger partial charge on any atom is -0.521 e. The molecule has 0 radical (unpaired) electrons. The Labute approximate surface area is 326 Å². The van der Waals surface area contributed by atoms with Gasteiger partial charge in [0.2, 0.25) is 17.5 Å². The topological polar surface area (TPSA) is 18.5 Å². The third-order valence-electron chi connectivity index (χ3n) is 9.61. The van der Waals surface area contributed by atoms with Gasteiger partial charge in [-0.1, -0.05) is 0 Å². The molecule has 0 unspecified atom stereocenters. The Bertz CT molecular complexity index is 3280. The van der Waals surface area contributed by atoms with Crippen LogP contribution in [0, 0.1) is 122 Å². The van der Waals surface area contributed by atoms with Gasteiger partial charge in [-0.3, -0.25) is 0 Å². The predicted molar refractivity (Wildman–Crippen MR) is 172 cm³/mol. The van der Waals surface area contributed by atoms with Gasteiger partial charge in [-0.05, 0) is 24.3 Å². The highest BCUT2D eigenvalue weighted by molar-refractivity contribution is 6.66. The first-order chi connectivity index (χ1) is 29.1. The summed E-state index contributed by atoms with van der Waals surface area (Å²) < 4.78 is 329. The van der Waals surface area contributed by atoms with Gasteiger partial charge in [-0.2, -0.15) is 4.39 Å². The summed E-state index contributed by atoms with van der Waals surface area (Å²) in [6.07, 6.45) is 0. The molecule has 318 valence electrons. The van der Waals surface area contributed by atoms with Gasteiger partial charge in [0.05, 0.1) is 38.1 Å². The number of rotatable bonds is 6. The summed E-state index contributed by atoms with van der Waals surface area (Å²) in [4.78, 5) is 0. The zero-order chi connectivity index (χ0) is 45.4. The van der Waals surface area contributed by atoms with Gasteiger partial charge in [0.1, 0.15) is 11.6 Å². The van der Waals surface area contributed by atoms with E-state index in [0.717, 1.165) is 0 Å². The molecule has 8 aromatic rings. The molecule has 0 N–H and O–H groups in total. The first-order valence-corrected chi connectivity index (χ1v) is 16.2. The number of benzene rings is 8. The van der Waals surface area contributed by atoms with E-state index in [1.54, 1.807) is 0 Å². The van der Waals surface area contributed by atoms with Crippen molar-refractivity contribution in [1.29, 1.82) is 0 Å². The molecule has 0 spiro atoms. The lowest BCUT2D eigenvalue weighted by Gasteiger charge is -2.24. The van der Waals surface area contributed by atoms with Gasteiger partial charge < -0.3 is 9.31 Å². The highest BCUT2D eigenvalue weighted by atomic mass is 19.2. The average molecular weight is 902 g/mol. The molecular formula is C38H4BF21O2. The van der Waals surface area contributed by atoms with Crippen molar-refractivity contribution >= 4 is 55.7 Å². The Balaban J connectivity index is 1.57. The summed E-state index contributed by atoms with van der Waals surface area (Å²) in [5, 5.41) is -14.9.